The van der Waals surface area contributed by atoms with E-state index in [2.05, 4.69) is 17.4 Å². The highest BCUT2D eigenvalue weighted by Crippen LogP contribution is 2.17. The SMILES string of the molecule is CCCCCNc1c(N=O)c(=O)n(C)c(=O)n1C. The van der Waals surface area contributed by atoms with E-state index in [-0.39, 0.29) is 11.5 Å². The molecule has 0 saturated heterocycles. The van der Waals surface area contributed by atoms with Gasteiger partial charge in [-0.15, -0.1) is 4.91 Å². The van der Waals surface area contributed by atoms with Gasteiger partial charge < -0.3 is 5.32 Å². The van der Waals surface area contributed by atoms with Crippen molar-refractivity contribution in [1.82, 2.24) is 9.13 Å². The second-order valence-corrected chi connectivity index (χ2v) is 4.13. The fraction of sp³-hybridized carbons (Fsp3) is 0.636. The molecule has 0 aromatic carbocycles. The van der Waals surface area contributed by atoms with Crippen LogP contribution in [0.15, 0.2) is 14.8 Å². The van der Waals surface area contributed by atoms with Crippen LogP contribution in [0.1, 0.15) is 26.2 Å². The van der Waals surface area contributed by atoms with Crippen molar-refractivity contribution in [2.75, 3.05) is 11.9 Å². The van der Waals surface area contributed by atoms with E-state index in [1.807, 2.05) is 0 Å². The maximum absolute atomic E-state index is 11.7. The molecule has 1 aromatic heterocycles. The van der Waals surface area contributed by atoms with Crippen molar-refractivity contribution in [3.8, 4) is 0 Å². The molecule has 0 aliphatic carbocycles. The number of nitroso groups, excluding NO2 is 1. The summed E-state index contributed by atoms with van der Waals surface area (Å²) >= 11 is 0. The lowest BCUT2D eigenvalue weighted by Crippen LogP contribution is -2.38. The van der Waals surface area contributed by atoms with Crippen molar-refractivity contribution < 1.29 is 0 Å². The van der Waals surface area contributed by atoms with E-state index >= 15 is 0 Å². The molecule has 0 aliphatic heterocycles. The smallest absolute Gasteiger partial charge is 0.332 e. The van der Waals surface area contributed by atoms with E-state index < -0.39 is 11.2 Å². The first-order valence-corrected chi connectivity index (χ1v) is 5.91. The molecule has 0 atom stereocenters. The molecule has 0 spiro atoms. The Morgan fingerprint density at radius 1 is 1.17 bits per heavy atom. The van der Waals surface area contributed by atoms with Gasteiger partial charge in [0.15, 0.2) is 0 Å². The third kappa shape index (κ3) is 2.66. The van der Waals surface area contributed by atoms with Crippen LogP contribution in [-0.2, 0) is 14.1 Å². The molecule has 1 aromatic rings. The highest BCUT2D eigenvalue weighted by atomic mass is 16.3. The number of aromatic nitrogens is 2. The van der Waals surface area contributed by atoms with E-state index in [1.54, 1.807) is 0 Å². The number of nitrogens with one attached hydrogen (secondary N) is 1. The van der Waals surface area contributed by atoms with Gasteiger partial charge in [-0.2, -0.15) is 0 Å². The Hall–Kier alpha value is -1.92. The topological polar surface area (TPSA) is 85.5 Å². The molecule has 0 fully saturated rings. The van der Waals surface area contributed by atoms with Gasteiger partial charge in [0.2, 0.25) is 5.69 Å². The van der Waals surface area contributed by atoms with Crippen LogP contribution in [0, 0.1) is 4.91 Å². The number of rotatable bonds is 6. The van der Waals surface area contributed by atoms with E-state index in [1.165, 1.54) is 18.7 Å². The third-order valence-corrected chi connectivity index (χ3v) is 2.80. The predicted octanol–water partition coefficient (Wildman–Crippen LogP) is 1.08. The van der Waals surface area contributed by atoms with Crippen LogP contribution in [0.25, 0.3) is 0 Å². The highest BCUT2D eigenvalue weighted by molar-refractivity contribution is 5.59. The van der Waals surface area contributed by atoms with Crippen LogP contribution in [0.3, 0.4) is 0 Å². The first kappa shape index (κ1) is 14.1. The Kier molecular flexibility index (Phi) is 4.82. The fourth-order valence-electron chi connectivity index (χ4n) is 1.69. The van der Waals surface area contributed by atoms with Crippen LogP contribution >= 0.6 is 0 Å². The van der Waals surface area contributed by atoms with Crippen LogP contribution in [0.4, 0.5) is 11.5 Å². The van der Waals surface area contributed by atoms with Crippen LogP contribution < -0.4 is 16.6 Å². The summed E-state index contributed by atoms with van der Waals surface area (Å²) in [5.41, 5.74) is -1.41. The van der Waals surface area contributed by atoms with Crippen molar-refractivity contribution in [3.05, 3.63) is 25.7 Å². The zero-order valence-electron chi connectivity index (χ0n) is 10.9. The summed E-state index contributed by atoms with van der Waals surface area (Å²) in [7, 11) is 2.82. The maximum atomic E-state index is 11.7. The monoisotopic (exact) mass is 254 g/mol. The zero-order valence-corrected chi connectivity index (χ0v) is 10.9. The summed E-state index contributed by atoms with van der Waals surface area (Å²) in [6.45, 7) is 2.67. The fourth-order valence-corrected chi connectivity index (χ4v) is 1.69. The predicted molar refractivity (Wildman–Crippen MR) is 70.4 cm³/mol. The van der Waals surface area contributed by atoms with Crippen molar-refractivity contribution in [2.24, 2.45) is 19.3 Å². The van der Waals surface area contributed by atoms with Crippen molar-refractivity contribution in [1.29, 1.82) is 0 Å². The summed E-state index contributed by atoms with van der Waals surface area (Å²) in [4.78, 5) is 34.1. The molecule has 18 heavy (non-hydrogen) atoms. The number of unbranched alkanes of at least 4 members (excludes halogenated alkanes) is 2. The average Bonchev–Trinajstić information content (AvgIpc) is 2.38. The Balaban J connectivity index is 3.14. The quantitative estimate of drug-likeness (QED) is 0.608. The maximum Gasteiger partial charge on any atom is 0.332 e. The lowest BCUT2D eigenvalue weighted by Gasteiger charge is -2.12. The highest BCUT2D eigenvalue weighted by Gasteiger charge is 2.15. The van der Waals surface area contributed by atoms with Gasteiger partial charge in [-0.25, -0.2) is 4.79 Å². The number of anilines is 1. The van der Waals surface area contributed by atoms with Gasteiger partial charge in [0.1, 0.15) is 5.82 Å². The average molecular weight is 254 g/mol. The number of hydrogen-bond acceptors (Lipinski definition) is 5. The van der Waals surface area contributed by atoms with Crippen molar-refractivity contribution in [2.45, 2.75) is 26.2 Å². The Bertz CT molecular complexity index is 544. The molecular formula is C11H18N4O3. The standard InChI is InChI=1S/C11H18N4O3/c1-4-5-6-7-12-9-8(13-18)10(16)15(3)11(17)14(9)2/h12H,4-7H2,1-3H3. The molecule has 7 heteroatoms. The minimum absolute atomic E-state index is 0.189. The van der Waals surface area contributed by atoms with E-state index in [0.29, 0.717) is 6.54 Å². The molecule has 7 nitrogen and oxygen atoms in total. The molecule has 1 N–H and O–H groups in total. The molecule has 100 valence electrons. The van der Waals surface area contributed by atoms with E-state index in [4.69, 9.17) is 0 Å². The van der Waals surface area contributed by atoms with E-state index in [0.717, 1.165) is 23.8 Å². The van der Waals surface area contributed by atoms with Crippen LogP contribution in [0.2, 0.25) is 0 Å². The molecule has 0 bridgehead atoms. The second-order valence-electron chi connectivity index (χ2n) is 4.13. The normalized spacial score (nSPS) is 10.4. The number of hydrogen-bond donors (Lipinski definition) is 1. The molecule has 0 amide bonds. The first-order chi connectivity index (χ1) is 8.54. The third-order valence-electron chi connectivity index (χ3n) is 2.80. The Morgan fingerprint density at radius 3 is 2.39 bits per heavy atom. The van der Waals surface area contributed by atoms with Crippen molar-refractivity contribution >= 4 is 11.5 Å². The van der Waals surface area contributed by atoms with Crippen LogP contribution in [-0.4, -0.2) is 15.7 Å². The van der Waals surface area contributed by atoms with Crippen molar-refractivity contribution in [3.63, 3.8) is 0 Å². The van der Waals surface area contributed by atoms with Gasteiger partial charge >= 0.3 is 5.69 Å². The van der Waals surface area contributed by atoms with E-state index in [9.17, 15) is 14.5 Å². The van der Waals surface area contributed by atoms with Gasteiger partial charge in [0.05, 0.1) is 0 Å². The Morgan fingerprint density at radius 2 is 1.83 bits per heavy atom. The summed E-state index contributed by atoms with van der Waals surface area (Å²) in [5, 5.41) is 5.66. The number of nitrogens with zero attached hydrogens (tertiary/aromatic N) is 3. The molecule has 0 saturated carbocycles. The second kappa shape index (κ2) is 6.13. The van der Waals surface area contributed by atoms with Gasteiger partial charge in [0, 0.05) is 20.6 Å². The summed E-state index contributed by atoms with van der Waals surface area (Å²) < 4.78 is 2.10. The van der Waals surface area contributed by atoms with Gasteiger partial charge in [-0.3, -0.25) is 13.9 Å². The molecule has 1 heterocycles. The molecule has 1 rings (SSSR count). The minimum atomic E-state index is -0.675. The summed E-state index contributed by atoms with van der Waals surface area (Å²) in [6.07, 6.45) is 3.00. The van der Waals surface area contributed by atoms with Gasteiger partial charge in [0.25, 0.3) is 5.56 Å². The zero-order chi connectivity index (χ0) is 13.7. The van der Waals surface area contributed by atoms with Gasteiger partial charge in [-0.1, -0.05) is 19.8 Å². The lowest BCUT2D eigenvalue weighted by atomic mass is 10.2. The largest absolute Gasteiger partial charge is 0.369 e. The Labute approximate surface area is 104 Å². The lowest BCUT2D eigenvalue weighted by molar-refractivity contribution is 0.683. The first-order valence-electron chi connectivity index (χ1n) is 5.91. The minimum Gasteiger partial charge on any atom is -0.369 e. The van der Waals surface area contributed by atoms with Crippen LogP contribution in [0.5, 0.6) is 0 Å². The molecule has 0 radical (unpaired) electrons. The molecule has 0 aliphatic rings. The molecule has 0 unspecified atom stereocenters. The summed E-state index contributed by atoms with van der Waals surface area (Å²) in [5.74, 6) is 0.189. The summed E-state index contributed by atoms with van der Waals surface area (Å²) in [6, 6.07) is 0. The van der Waals surface area contributed by atoms with Gasteiger partial charge in [-0.05, 0) is 11.6 Å². The molecular weight excluding hydrogens is 236 g/mol.